The fourth-order valence-electron chi connectivity index (χ4n) is 3.45. The van der Waals surface area contributed by atoms with Crippen molar-refractivity contribution in [2.24, 2.45) is 5.92 Å². The van der Waals surface area contributed by atoms with E-state index in [1.54, 1.807) is 48.6 Å². The Bertz CT molecular complexity index is 1150. The van der Waals surface area contributed by atoms with E-state index in [1.165, 1.54) is 19.2 Å². The lowest BCUT2D eigenvalue weighted by molar-refractivity contribution is -0.147. The van der Waals surface area contributed by atoms with Gasteiger partial charge in [0.2, 0.25) is 5.88 Å². The molecule has 162 valence electrons. The van der Waals surface area contributed by atoms with Crippen molar-refractivity contribution in [1.29, 1.82) is 0 Å². The summed E-state index contributed by atoms with van der Waals surface area (Å²) >= 11 is 0. The quantitative estimate of drug-likeness (QED) is 0.353. The van der Waals surface area contributed by atoms with E-state index in [4.69, 9.17) is 15.9 Å². The number of hydrogen-bond donors (Lipinski definition) is 0. The zero-order chi connectivity index (χ0) is 23.1. The van der Waals surface area contributed by atoms with Gasteiger partial charge in [-0.2, -0.15) is 0 Å². The summed E-state index contributed by atoms with van der Waals surface area (Å²) in [6.45, 7) is 3.78. The minimum absolute atomic E-state index is 0.266. The predicted molar refractivity (Wildman–Crippen MR) is 123 cm³/mol. The van der Waals surface area contributed by atoms with Gasteiger partial charge in [0.1, 0.15) is 17.0 Å². The molecule has 0 bridgehead atoms. The highest BCUT2D eigenvalue weighted by Crippen LogP contribution is 2.38. The fraction of sp³-hybridized carbons (Fsp3) is 0.185. The molecule has 4 nitrogen and oxygen atoms in total. The Labute approximate surface area is 187 Å². The topological polar surface area (TPSA) is 48.4 Å². The first kappa shape index (κ1) is 22.8. The van der Waals surface area contributed by atoms with Crippen LogP contribution >= 0.6 is 0 Å². The van der Waals surface area contributed by atoms with Crippen molar-refractivity contribution >= 4 is 12.0 Å². The Hall–Kier alpha value is -3.91. The van der Waals surface area contributed by atoms with E-state index >= 15 is 0 Å². The largest absolute Gasteiger partial charge is 0.468 e. The summed E-state index contributed by atoms with van der Waals surface area (Å²) in [6, 6.07) is 18.5. The maximum absolute atomic E-state index is 13.3. The number of aromatic nitrogens is 1. The molecule has 1 atom stereocenters. The number of pyridine rings is 1. The molecule has 0 radical (unpaired) electrons. The first-order valence-electron chi connectivity index (χ1n) is 10.1. The van der Waals surface area contributed by atoms with Gasteiger partial charge < -0.3 is 9.47 Å². The van der Waals surface area contributed by atoms with Gasteiger partial charge >= 0.3 is 5.97 Å². The Morgan fingerprint density at radius 2 is 1.78 bits per heavy atom. The van der Waals surface area contributed by atoms with Gasteiger partial charge in [0.25, 0.3) is 0 Å². The third kappa shape index (κ3) is 4.70. The van der Waals surface area contributed by atoms with Crippen LogP contribution in [0.2, 0.25) is 0 Å². The molecule has 2 aromatic carbocycles. The SMILES string of the molecule is C#Cc1ccc(Oc2ccccc2)nc1C(/C=C/c1ccc(F)cc1)(C(=O)OC)C(C)C. The molecule has 0 fully saturated rings. The molecule has 0 N–H and O–H groups in total. The molecule has 0 spiro atoms. The lowest BCUT2D eigenvalue weighted by Crippen LogP contribution is -2.41. The van der Waals surface area contributed by atoms with Crippen LogP contribution in [0.1, 0.15) is 30.7 Å². The average molecular weight is 429 g/mol. The van der Waals surface area contributed by atoms with E-state index in [1.807, 2.05) is 32.0 Å². The standard InChI is InChI=1S/C27H24FNO3/c1-5-21-13-16-24(32-23-9-7-6-8-10-23)29-25(21)27(19(2)3,26(30)31-4)18-17-20-11-14-22(28)15-12-20/h1,6-19H,2-4H3/b18-17+. The molecule has 3 rings (SSSR count). The Kier molecular flexibility index (Phi) is 7.07. The van der Waals surface area contributed by atoms with Crippen LogP contribution in [0.15, 0.2) is 72.8 Å². The van der Waals surface area contributed by atoms with Crippen molar-refractivity contribution in [3.8, 4) is 24.0 Å². The molecule has 3 aromatic rings. The number of carbonyl (C=O) groups excluding carboxylic acids is 1. The maximum Gasteiger partial charge on any atom is 0.322 e. The number of halogens is 1. The molecule has 0 amide bonds. The third-order valence-electron chi connectivity index (χ3n) is 5.23. The van der Waals surface area contributed by atoms with Crippen molar-refractivity contribution in [3.05, 3.63) is 95.4 Å². The average Bonchev–Trinajstić information content (AvgIpc) is 2.81. The highest BCUT2D eigenvalue weighted by atomic mass is 19.1. The number of nitrogens with zero attached hydrogens (tertiary/aromatic N) is 1. The lowest BCUT2D eigenvalue weighted by atomic mass is 9.72. The zero-order valence-corrected chi connectivity index (χ0v) is 18.2. The van der Waals surface area contributed by atoms with Crippen molar-refractivity contribution in [2.75, 3.05) is 7.11 Å². The van der Waals surface area contributed by atoms with Crippen molar-refractivity contribution < 1.29 is 18.7 Å². The summed E-state index contributed by atoms with van der Waals surface area (Å²) in [5.74, 6) is 2.41. The number of terminal acetylenes is 1. The summed E-state index contributed by atoms with van der Waals surface area (Å²) in [7, 11) is 1.32. The van der Waals surface area contributed by atoms with Gasteiger partial charge in [0, 0.05) is 11.6 Å². The molecule has 32 heavy (non-hydrogen) atoms. The van der Waals surface area contributed by atoms with Crippen LogP contribution in [0.4, 0.5) is 4.39 Å². The van der Waals surface area contributed by atoms with Gasteiger partial charge in [0.15, 0.2) is 0 Å². The number of methoxy groups -OCH3 is 1. The van der Waals surface area contributed by atoms with Gasteiger partial charge in [-0.05, 0) is 41.8 Å². The van der Waals surface area contributed by atoms with Crippen LogP contribution in [0.5, 0.6) is 11.6 Å². The molecule has 0 saturated heterocycles. The first-order valence-corrected chi connectivity index (χ1v) is 10.1. The normalized spacial score (nSPS) is 12.9. The lowest BCUT2D eigenvalue weighted by Gasteiger charge is -2.32. The van der Waals surface area contributed by atoms with Crippen LogP contribution in [0.3, 0.4) is 0 Å². The molecule has 0 saturated carbocycles. The Morgan fingerprint density at radius 3 is 2.38 bits per heavy atom. The second-order valence-electron chi connectivity index (χ2n) is 7.51. The molecular formula is C27H24FNO3. The second-order valence-corrected chi connectivity index (χ2v) is 7.51. The number of para-hydroxylation sites is 1. The Morgan fingerprint density at radius 1 is 1.09 bits per heavy atom. The number of benzene rings is 2. The van der Waals surface area contributed by atoms with E-state index in [-0.39, 0.29) is 11.7 Å². The molecule has 0 aliphatic rings. The second kappa shape index (κ2) is 9.93. The monoisotopic (exact) mass is 429 g/mol. The van der Waals surface area contributed by atoms with E-state index in [2.05, 4.69) is 10.9 Å². The van der Waals surface area contributed by atoms with E-state index in [0.29, 0.717) is 22.9 Å². The molecule has 1 aromatic heterocycles. The van der Waals surface area contributed by atoms with Crippen LogP contribution < -0.4 is 4.74 Å². The minimum atomic E-state index is -1.29. The van der Waals surface area contributed by atoms with Crippen molar-refractivity contribution in [3.63, 3.8) is 0 Å². The number of ether oxygens (including phenoxy) is 2. The number of hydrogen-bond acceptors (Lipinski definition) is 4. The summed E-state index contributed by atoms with van der Waals surface area (Å²) < 4.78 is 24.4. The van der Waals surface area contributed by atoms with Crippen molar-refractivity contribution in [1.82, 2.24) is 4.98 Å². The number of esters is 1. The van der Waals surface area contributed by atoms with Gasteiger partial charge in [-0.15, -0.1) is 6.42 Å². The van der Waals surface area contributed by atoms with Crippen LogP contribution in [0, 0.1) is 24.1 Å². The van der Waals surface area contributed by atoms with Crippen molar-refractivity contribution in [2.45, 2.75) is 19.3 Å². The number of rotatable bonds is 7. The highest BCUT2D eigenvalue weighted by Gasteiger charge is 2.45. The van der Waals surface area contributed by atoms with Crippen LogP contribution in [0.25, 0.3) is 6.08 Å². The van der Waals surface area contributed by atoms with Gasteiger partial charge in [0.05, 0.1) is 12.8 Å². The first-order chi connectivity index (χ1) is 15.4. The highest BCUT2D eigenvalue weighted by molar-refractivity contribution is 5.88. The summed E-state index contributed by atoms with van der Waals surface area (Å²) in [6.07, 6.45) is 9.22. The van der Waals surface area contributed by atoms with Gasteiger partial charge in [-0.25, -0.2) is 9.37 Å². The van der Waals surface area contributed by atoms with E-state index < -0.39 is 11.4 Å². The summed E-state index contributed by atoms with van der Waals surface area (Å²) in [5.41, 5.74) is 0.238. The fourth-order valence-corrected chi connectivity index (χ4v) is 3.45. The van der Waals surface area contributed by atoms with Crippen LogP contribution in [-0.2, 0) is 14.9 Å². The van der Waals surface area contributed by atoms with Gasteiger partial charge in [-0.3, -0.25) is 4.79 Å². The van der Waals surface area contributed by atoms with Crippen LogP contribution in [-0.4, -0.2) is 18.1 Å². The molecule has 0 aliphatic heterocycles. The molecule has 1 unspecified atom stereocenters. The predicted octanol–water partition coefficient (Wildman–Crippen LogP) is 5.77. The molecule has 0 aliphatic carbocycles. The Balaban J connectivity index is 2.16. The third-order valence-corrected chi connectivity index (χ3v) is 5.23. The summed E-state index contributed by atoms with van der Waals surface area (Å²) in [4.78, 5) is 17.9. The molecule has 1 heterocycles. The maximum atomic E-state index is 13.3. The molecule has 5 heteroatoms. The van der Waals surface area contributed by atoms with E-state index in [9.17, 15) is 9.18 Å². The van der Waals surface area contributed by atoms with Gasteiger partial charge in [-0.1, -0.05) is 62.3 Å². The smallest absolute Gasteiger partial charge is 0.322 e. The zero-order valence-electron chi connectivity index (χ0n) is 18.2. The molecular weight excluding hydrogens is 405 g/mol. The van der Waals surface area contributed by atoms with E-state index in [0.717, 1.165) is 5.56 Å². The number of carbonyl (C=O) groups is 1. The summed E-state index contributed by atoms with van der Waals surface area (Å²) in [5, 5.41) is 0. The minimum Gasteiger partial charge on any atom is -0.468 e.